The molecule has 0 saturated carbocycles. The van der Waals surface area contributed by atoms with Crippen LogP contribution in [0.25, 0.3) is 0 Å². The van der Waals surface area contributed by atoms with Crippen LogP contribution < -0.4 is 5.32 Å². The highest BCUT2D eigenvalue weighted by Gasteiger charge is 2.13. The van der Waals surface area contributed by atoms with Gasteiger partial charge in [-0.1, -0.05) is 23.8 Å². The van der Waals surface area contributed by atoms with Gasteiger partial charge in [-0.25, -0.2) is 0 Å². The Hall–Kier alpha value is -0.860. The molecule has 0 spiro atoms. The smallest absolute Gasteiger partial charge is 0.0233 e. The number of benzene rings is 1. The molecule has 2 nitrogen and oxygen atoms in total. The van der Waals surface area contributed by atoms with E-state index in [2.05, 4.69) is 49.3 Å². The number of hydrogen-bond acceptors (Lipinski definition) is 2. The molecule has 0 amide bonds. The minimum atomic E-state index is 0.884. The van der Waals surface area contributed by atoms with Crippen molar-refractivity contribution in [2.75, 3.05) is 26.7 Å². The van der Waals surface area contributed by atoms with Crippen molar-refractivity contribution in [2.24, 2.45) is 5.92 Å². The van der Waals surface area contributed by atoms with Gasteiger partial charge in [-0.05, 0) is 76.8 Å². The van der Waals surface area contributed by atoms with Crippen LogP contribution in [0.15, 0.2) is 18.2 Å². The van der Waals surface area contributed by atoms with Gasteiger partial charge in [0, 0.05) is 6.54 Å². The molecule has 0 aromatic heterocycles. The maximum Gasteiger partial charge on any atom is 0.0233 e. The summed E-state index contributed by atoms with van der Waals surface area (Å²) in [5, 5.41) is 3.51. The quantitative estimate of drug-likeness (QED) is 0.875. The first-order valence-electron chi connectivity index (χ1n) is 7.60. The Morgan fingerprint density at radius 1 is 1.32 bits per heavy atom. The molecule has 1 heterocycles. The summed E-state index contributed by atoms with van der Waals surface area (Å²) in [7, 11) is 2.25. The average molecular weight is 260 g/mol. The summed E-state index contributed by atoms with van der Waals surface area (Å²) in [4.78, 5) is 2.47. The molecule has 0 aliphatic carbocycles. The Kier molecular flexibility index (Phi) is 5.41. The van der Waals surface area contributed by atoms with E-state index < -0.39 is 0 Å². The monoisotopic (exact) mass is 260 g/mol. The van der Waals surface area contributed by atoms with Gasteiger partial charge >= 0.3 is 0 Å². The van der Waals surface area contributed by atoms with Crippen LogP contribution in [0.5, 0.6) is 0 Å². The molecule has 1 aliphatic heterocycles. The second-order valence-corrected chi connectivity index (χ2v) is 6.17. The molecule has 106 valence electrons. The molecule has 0 bridgehead atoms. The Labute approximate surface area is 118 Å². The third-order valence-electron chi connectivity index (χ3n) is 4.26. The van der Waals surface area contributed by atoms with E-state index in [0.29, 0.717) is 0 Å². The zero-order valence-corrected chi connectivity index (χ0v) is 12.7. The van der Waals surface area contributed by atoms with E-state index in [1.165, 1.54) is 55.6 Å². The summed E-state index contributed by atoms with van der Waals surface area (Å²) in [6.45, 7) is 9.11. The summed E-state index contributed by atoms with van der Waals surface area (Å²) in [6.07, 6.45) is 4.09. The van der Waals surface area contributed by atoms with Crippen LogP contribution in [0, 0.1) is 19.8 Å². The van der Waals surface area contributed by atoms with Gasteiger partial charge in [0.1, 0.15) is 0 Å². The predicted molar refractivity (Wildman–Crippen MR) is 82.5 cm³/mol. The molecule has 1 saturated heterocycles. The van der Waals surface area contributed by atoms with Crippen LogP contribution in [0.2, 0.25) is 0 Å². The Morgan fingerprint density at radius 2 is 2.16 bits per heavy atom. The summed E-state index contributed by atoms with van der Waals surface area (Å²) in [5.41, 5.74) is 4.26. The Bertz CT molecular complexity index is 394. The van der Waals surface area contributed by atoms with Gasteiger partial charge in [0.2, 0.25) is 0 Å². The predicted octanol–water partition coefficient (Wildman–Crippen LogP) is 3.12. The van der Waals surface area contributed by atoms with E-state index >= 15 is 0 Å². The summed E-state index contributed by atoms with van der Waals surface area (Å²) in [5.74, 6) is 0.884. The van der Waals surface area contributed by atoms with Crippen LogP contribution in [-0.2, 0) is 6.54 Å². The molecule has 1 N–H and O–H groups in total. The fraction of sp³-hybridized carbons (Fsp3) is 0.647. The molecule has 1 aliphatic rings. The van der Waals surface area contributed by atoms with E-state index in [1.807, 2.05) is 0 Å². The number of nitrogens with zero attached hydrogens (tertiary/aromatic N) is 1. The largest absolute Gasteiger partial charge is 0.316 e. The minimum absolute atomic E-state index is 0.884. The van der Waals surface area contributed by atoms with Crippen LogP contribution in [0.4, 0.5) is 0 Å². The van der Waals surface area contributed by atoms with Crippen molar-refractivity contribution >= 4 is 0 Å². The van der Waals surface area contributed by atoms with Gasteiger partial charge in [0.05, 0.1) is 0 Å². The van der Waals surface area contributed by atoms with Crippen LogP contribution in [-0.4, -0.2) is 31.6 Å². The molecule has 1 atom stereocenters. The van der Waals surface area contributed by atoms with Crippen molar-refractivity contribution in [2.45, 2.75) is 39.7 Å². The summed E-state index contributed by atoms with van der Waals surface area (Å²) < 4.78 is 0. The number of nitrogens with one attached hydrogen (secondary N) is 1. The van der Waals surface area contributed by atoms with E-state index in [0.717, 1.165) is 12.5 Å². The van der Waals surface area contributed by atoms with Crippen molar-refractivity contribution in [1.29, 1.82) is 0 Å². The fourth-order valence-electron chi connectivity index (χ4n) is 2.91. The number of rotatable bonds is 5. The van der Waals surface area contributed by atoms with Crippen LogP contribution >= 0.6 is 0 Å². The number of piperidine rings is 1. The van der Waals surface area contributed by atoms with Crippen molar-refractivity contribution in [1.82, 2.24) is 10.2 Å². The highest BCUT2D eigenvalue weighted by atomic mass is 15.1. The van der Waals surface area contributed by atoms with Crippen molar-refractivity contribution in [3.63, 3.8) is 0 Å². The van der Waals surface area contributed by atoms with Crippen molar-refractivity contribution in [3.8, 4) is 0 Å². The number of aryl methyl sites for hydroxylation is 2. The molecular formula is C17H28N2. The van der Waals surface area contributed by atoms with Gasteiger partial charge in [0.25, 0.3) is 0 Å². The zero-order valence-electron chi connectivity index (χ0n) is 12.7. The molecule has 2 heteroatoms. The minimum Gasteiger partial charge on any atom is -0.316 e. The Balaban J connectivity index is 1.80. The third-order valence-corrected chi connectivity index (χ3v) is 4.26. The SMILES string of the molecule is Cc1ccc(C)c(CN(C)CCC2CCCNC2)c1. The maximum absolute atomic E-state index is 3.51. The molecule has 1 aromatic carbocycles. The second-order valence-electron chi connectivity index (χ2n) is 6.17. The van der Waals surface area contributed by atoms with Gasteiger partial charge < -0.3 is 10.2 Å². The summed E-state index contributed by atoms with van der Waals surface area (Å²) in [6, 6.07) is 6.77. The standard InChI is InChI=1S/C17H28N2/c1-14-6-7-15(2)17(11-14)13-19(3)10-8-16-5-4-9-18-12-16/h6-7,11,16,18H,4-5,8-10,12-13H2,1-3H3. The molecule has 19 heavy (non-hydrogen) atoms. The van der Waals surface area contributed by atoms with E-state index in [1.54, 1.807) is 0 Å². The molecule has 1 unspecified atom stereocenters. The van der Waals surface area contributed by atoms with Crippen molar-refractivity contribution in [3.05, 3.63) is 34.9 Å². The van der Waals surface area contributed by atoms with Crippen molar-refractivity contribution < 1.29 is 0 Å². The third kappa shape index (κ3) is 4.63. The lowest BCUT2D eigenvalue weighted by Crippen LogP contribution is -2.32. The lowest BCUT2D eigenvalue weighted by atomic mass is 9.96. The van der Waals surface area contributed by atoms with E-state index in [9.17, 15) is 0 Å². The molecule has 0 radical (unpaired) electrons. The lowest BCUT2D eigenvalue weighted by Gasteiger charge is -2.25. The van der Waals surface area contributed by atoms with Gasteiger partial charge in [-0.15, -0.1) is 0 Å². The Morgan fingerprint density at radius 3 is 2.89 bits per heavy atom. The second kappa shape index (κ2) is 7.06. The maximum atomic E-state index is 3.51. The van der Waals surface area contributed by atoms with Gasteiger partial charge in [-0.2, -0.15) is 0 Å². The number of hydrogen-bond donors (Lipinski definition) is 1. The fourth-order valence-corrected chi connectivity index (χ4v) is 2.91. The van der Waals surface area contributed by atoms with Gasteiger partial charge in [-0.3, -0.25) is 0 Å². The molecule has 1 fully saturated rings. The normalized spacial score (nSPS) is 19.9. The van der Waals surface area contributed by atoms with Gasteiger partial charge in [0.15, 0.2) is 0 Å². The zero-order chi connectivity index (χ0) is 13.7. The molecule has 2 rings (SSSR count). The topological polar surface area (TPSA) is 15.3 Å². The van der Waals surface area contributed by atoms with E-state index in [4.69, 9.17) is 0 Å². The highest BCUT2D eigenvalue weighted by Crippen LogP contribution is 2.16. The first kappa shape index (κ1) is 14.5. The summed E-state index contributed by atoms with van der Waals surface area (Å²) >= 11 is 0. The molecule has 1 aromatic rings. The first-order chi connectivity index (χ1) is 9.15. The molecular weight excluding hydrogens is 232 g/mol. The lowest BCUT2D eigenvalue weighted by molar-refractivity contribution is 0.268. The van der Waals surface area contributed by atoms with Crippen LogP contribution in [0.1, 0.15) is 36.0 Å². The highest BCUT2D eigenvalue weighted by molar-refractivity contribution is 5.30. The van der Waals surface area contributed by atoms with Crippen LogP contribution in [0.3, 0.4) is 0 Å². The first-order valence-corrected chi connectivity index (χ1v) is 7.60. The average Bonchev–Trinajstić information content (AvgIpc) is 2.42. The van der Waals surface area contributed by atoms with E-state index in [-0.39, 0.29) is 0 Å².